The fourth-order valence-electron chi connectivity index (χ4n) is 1.09. The van der Waals surface area contributed by atoms with Crippen LogP contribution in [0, 0.1) is 6.92 Å². The Morgan fingerprint density at radius 3 is 2.73 bits per heavy atom. The molecule has 0 spiro atoms. The highest BCUT2D eigenvalue weighted by Gasteiger charge is 1.91. The molecule has 0 unspecified atom stereocenters. The van der Waals surface area contributed by atoms with Crippen molar-refractivity contribution in [3.05, 3.63) is 54.5 Å². The predicted molar refractivity (Wildman–Crippen MR) is 49.4 cm³/mol. The zero-order valence-electron chi connectivity index (χ0n) is 6.93. The van der Waals surface area contributed by atoms with E-state index >= 15 is 0 Å². The van der Waals surface area contributed by atoms with Crippen molar-refractivity contribution in [1.29, 1.82) is 0 Å². The second-order valence-electron chi connectivity index (χ2n) is 2.95. The first-order valence-corrected chi connectivity index (χ1v) is 3.74. The number of hydrogen-bond acceptors (Lipinski definition) is 0. The highest BCUT2D eigenvalue weighted by atomic mass is 14.0. The number of rotatable bonds is 2. The van der Waals surface area contributed by atoms with Gasteiger partial charge in [0.05, 0.1) is 0 Å². The van der Waals surface area contributed by atoms with Crippen LogP contribution < -0.4 is 0 Å². The van der Waals surface area contributed by atoms with Crippen LogP contribution in [0.4, 0.5) is 0 Å². The molecule has 1 aromatic carbocycles. The molecule has 0 aliphatic carbocycles. The minimum atomic E-state index is 0.962. The normalized spacial score (nSPS) is 9.64. The summed E-state index contributed by atoms with van der Waals surface area (Å²) in [4.78, 5) is 0. The summed E-state index contributed by atoms with van der Waals surface area (Å²) in [7, 11) is 0. The lowest BCUT2D eigenvalue weighted by atomic mass is 10.1. The maximum atomic E-state index is 3.86. The monoisotopic (exact) mass is 145 g/mol. The molecule has 0 heterocycles. The zero-order valence-corrected chi connectivity index (χ0v) is 6.93. The van der Waals surface area contributed by atoms with E-state index in [1.54, 1.807) is 0 Å². The predicted octanol–water partition coefficient (Wildman–Crippen LogP) is 2.99. The topological polar surface area (TPSA) is 0 Å². The van der Waals surface area contributed by atoms with Crippen molar-refractivity contribution in [3.63, 3.8) is 0 Å². The van der Waals surface area contributed by atoms with E-state index in [1.165, 1.54) is 11.1 Å². The van der Waals surface area contributed by atoms with Gasteiger partial charge in [0.25, 0.3) is 0 Å². The first kappa shape index (κ1) is 8.06. The number of allylic oxidation sites excluding steroid dienone is 1. The van der Waals surface area contributed by atoms with E-state index in [2.05, 4.69) is 25.6 Å². The Labute approximate surface area is 68.6 Å². The molecule has 0 saturated heterocycles. The van der Waals surface area contributed by atoms with Crippen LogP contribution in [0.3, 0.4) is 0 Å². The van der Waals surface area contributed by atoms with Gasteiger partial charge in [0.2, 0.25) is 0 Å². The van der Waals surface area contributed by atoms with E-state index < -0.39 is 0 Å². The summed E-state index contributed by atoms with van der Waals surface area (Å²) in [5, 5.41) is 0. The molecule has 1 radical (unpaired) electrons. The fraction of sp³-hybridized carbons (Fsp3) is 0.182. The van der Waals surface area contributed by atoms with Crippen molar-refractivity contribution in [2.45, 2.75) is 13.3 Å². The molecule has 0 saturated carbocycles. The second-order valence-corrected chi connectivity index (χ2v) is 2.95. The van der Waals surface area contributed by atoms with Crippen LogP contribution >= 0.6 is 0 Å². The SMILES string of the molecule is [CH2]c1cccc(CC(=C)C)c1. The van der Waals surface area contributed by atoms with Gasteiger partial charge in [-0.25, -0.2) is 0 Å². The molecule has 0 bridgehead atoms. The average molecular weight is 145 g/mol. The van der Waals surface area contributed by atoms with Gasteiger partial charge in [0.15, 0.2) is 0 Å². The third kappa shape index (κ3) is 2.58. The van der Waals surface area contributed by atoms with Gasteiger partial charge in [-0.2, -0.15) is 0 Å². The van der Waals surface area contributed by atoms with Gasteiger partial charge in [-0.1, -0.05) is 36.4 Å². The van der Waals surface area contributed by atoms with Gasteiger partial charge >= 0.3 is 0 Å². The summed E-state index contributed by atoms with van der Waals surface area (Å²) in [6.07, 6.45) is 0.962. The standard InChI is InChI=1S/C11H13/c1-9(2)7-11-6-4-5-10(3)8-11/h4-6,8H,1,3,7H2,2H3. The Morgan fingerprint density at radius 1 is 1.45 bits per heavy atom. The Kier molecular flexibility index (Phi) is 2.48. The summed E-state index contributed by atoms with van der Waals surface area (Å²) in [5.74, 6) is 0. The van der Waals surface area contributed by atoms with Crippen LogP contribution in [0.15, 0.2) is 36.4 Å². The number of benzene rings is 1. The minimum absolute atomic E-state index is 0.962. The van der Waals surface area contributed by atoms with Crippen LogP contribution in [0.25, 0.3) is 0 Å². The highest BCUT2D eigenvalue weighted by molar-refractivity contribution is 5.27. The molecule has 1 aromatic rings. The third-order valence-corrected chi connectivity index (χ3v) is 1.50. The zero-order chi connectivity index (χ0) is 8.27. The average Bonchev–Trinajstić information content (AvgIpc) is 1.85. The molecule has 0 N–H and O–H groups in total. The largest absolute Gasteiger partial charge is 0.0998 e. The van der Waals surface area contributed by atoms with Gasteiger partial charge < -0.3 is 0 Å². The summed E-state index contributed by atoms with van der Waals surface area (Å²) in [5.41, 5.74) is 3.56. The van der Waals surface area contributed by atoms with E-state index in [0.29, 0.717) is 0 Å². The van der Waals surface area contributed by atoms with E-state index in [-0.39, 0.29) is 0 Å². The summed E-state index contributed by atoms with van der Waals surface area (Å²) in [6, 6.07) is 8.22. The molecule has 57 valence electrons. The van der Waals surface area contributed by atoms with Crippen molar-refractivity contribution in [2.24, 2.45) is 0 Å². The van der Waals surface area contributed by atoms with Crippen molar-refractivity contribution in [2.75, 3.05) is 0 Å². The van der Waals surface area contributed by atoms with Gasteiger partial charge in [-0.3, -0.25) is 0 Å². The van der Waals surface area contributed by atoms with Crippen molar-refractivity contribution >= 4 is 0 Å². The maximum Gasteiger partial charge on any atom is -0.00725 e. The van der Waals surface area contributed by atoms with E-state index in [9.17, 15) is 0 Å². The van der Waals surface area contributed by atoms with Gasteiger partial charge in [-0.15, -0.1) is 0 Å². The molecule has 0 amide bonds. The smallest absolute Gasteiger partial charge is 0.00725 e. The van der Waals surface area contributed by atoms with Crippen LogP contribution in [0.5, 0.6) is 0 Å². The molecule has 11 heavy (non-hydrogen) atoms. The molecule has 0 aliphatic rings. The lowest BCUT2D eigenvalue weighted by molar-refractivity contribution is 1.15. The van der Waals surface area contributed by atoms with E-state index in [4.69, 9.17) is 0 Å². The van der Waals surface area contributed by atoms with Crippen LogP contribution in [0.1, 0.15) is 18.1 Å². The van der Waals surface area contributed by atoms with Crippen LogP contribution in [0.2, 0.25) is 0 Å². The molecule has 0 aliphatic heterocycles. The van der Waals surface area contributed by atoms with E-state index in [0.717, 1.165) is 12.0 Å². The fourth-order valence-corrected chi connectivity index (χ4v) is 1.09. The lowest BCUT2D eigenvalue weighted by Gasteiger charge is -2.00. The summed E-state index contributed by atoms with van der Waals surface area (Å²) >= 11 is 0. The van der Waals surface area contributed by atoms with Gasteiger partial charge in [-0.05, 0) is 31.4 Å². The van der Waals surface area contributed by atoms with E-state index in [1.807, 2.05) is 19.1 Å². The molecule has 0 aromatic heterocycles. The molecular formula is C11H13. The van der Waals surface area contributed by atoms with Crippen LogP contribution in [-0.2, 0) is 6.42 Å². The maximum absolute atomic E-state index is 3.86. The summed E-state index contributed by atoms with van der Waals surface area (Å²) in [6.45, 7) is 9.76. The van der Waals surface area contributed by atoms with Gasteiger partial charge in [0.1, 0.15) is 0 Å². The molecular weight excluding hydrogens is 132 g/mol. The quantitative estimate of drug-likeness (QED) is 0.561. The Hall–Kier alpha value is -1.04. The van der Waals surface area contributed by atoms with Crippen molar-refractivity contribution < 1.29 is 0 Å². The van der Waals surface area contributed by atoms with Crippen molar-refractivity contribution in [3.8, 4) is 0 Å². The van der Waals surface area contributed by atoms with Gasteiger partial charge in [0, 0.05) is 0 Å². The first-order chi connectivity index (χ1) is 5.18. The molecule has 0 atom stereocenters. The third-order valence-electron chi connectivity index (χ3n) is 1.50. The molecule has 0 nitrogen and oxygen atoms in total. The number of hydrogen-bond donors (Lipinski definition) is 0. The Bertz CT molecular complexity index is 258. The molecule has 1 rings (SSSR count). The Morgan fingerprint density at radius 2 is 2.18 bits per heavy atom. The minimum Gasteiger partial charge on any atom is -0.0998 e. The Balaban J connectivity index is 2.79. The first-order valence-electron chi connectivity index (χ1n) is 3.74. The lowest BCUT2D eigenvalue weighted by Crippen LogP contribution is -1.85. The molecule has 0 heteroatoms. The highest BCUT2D eigenvalue weighted by Crippen LogP contribution is 2.07. The summed E-state index contributed by atoms with van der Waals surface area (Å²) < 4.78 is 0. The van der Waals surface area contributed by atoms with Crippen molar-refractivity contribution in [1.82, 2.24) is 0 Å². The molecule has 0 fully saturated rings. The van der Waals surface area contributed by atoms with Crippen LogP contribution in [-0.4, -0.2) is 0 Å². The second kappa shape index (κ2) is 3.38.